The number of aromatic nitrogens is 1. The molecule has 4 aromatic rings. The van der Waals surface area contributed by atoms with E-state index in [1.807, 2.05) is 24.3 Å². The second-order valence-corrected chi connectivity index (χ2v) is 10.9. The minimum Gasteiger partial charge on any atom is -0.507 e. The number of thiazole rings is 1. The number of benzene rings is 3. The summed E-state index contributed by atoms with van der Waals surface area (Å²) in [5, 5.41) is 10.4. The smallest absolute Gasteiger partial charge is 0.271 e. The SMILES string of the molecule is COc1ccc([C@@H]2C3=C(N=c4s/c(=C\c5cc(Br)ccc5O)c(=O)n42)c2ccccc2CC3)cc1OC. The number of methoxy groups -OCH3 is 2. The number of hydrogen-bond acceptors (Lipinski definition) is 6. The Morgan fingerprint density at radius 2 is 1.86 bits per heavy atom. The summed E-state index contributed by atoms with van der Waals surface area (Å²) in [6.07, 6.45) is 3.40. The normalized spacial score (nSPS) is 16.5. The molecule has 6 nitrogen and oxygen atoms in total. The van der Waals surface area contributed by atoms with Crippen molar-refractivity contribution in [1.82, 2.24) is 4.57 Å². The number of nitrogens with zero attached hydrogens (tertiary/aromatic N) is 2. The number of fused-ring (bicyclic) bond motifs is 3. The van der Waals surface area contributed by atoms with E-state index < -0.39 is 0 Å². The molecule has 2 heterocycles. The van der Waals surface area contributed by atoms with Crippen LogP contribution in [0.3, 0.4) is 0 Å². The Morgan fingerprint density at radius 1 is 1.05 bits per heavy atom. The van der Waals surface area contributed by atoms with Crippen LogP contribution in [0.2, 0.25) is 0 Å². The molecule has 0 saturated carbocycles. The van der Waals surface area contributed by atoms with Gasteiger partial charge in [0.2, 0.25) is 0 Å². The third-order valence-electron chi connectivity index (χ3n) is 6.87. The highest BCUT2D eigenvalue weighted by atomic mass is 79.9. The van der Waals surface area contributed by atoms with Crippen LogP contribution in [-0.4, -0.2) is 23.9 Å². The lowest BCUT2D eigenvalue weighted by Gasteiger charge is -2.31. The molecule has 0 spiro atoms. The number of aromatic hydroxyl groups is 1. The number of phenolic OH excluding ortho intramolecular Hbond substituents is 1. The van der Waals surface area contributed by atoms with E-state index in [9.17, 15) is 9.90 Å². The van der Waals surface area contributed by atoms with Crippen molar-refractivity contribution in [1.29, 1.82) is 0 Å². The van der Waals surface area contributed by atoms with Gasteiger partial charge in [-0.05, 0) is 65.9 Å². The quantitative estimate of drug-likeness (QED) is 0.380. The van der Waals surface area contributed by atoms with Crippen molar-refractivity contribution in [2.24, 2.45) is 4.99 Å². The second kappa shape index (κ2) is 9.36. The molecule has 186 valence electrons. The molecule has 1 aromatic heterocycles. The van der Waals surface area contributed by atoms with Gasteiger partial charge >= 0.3 is 0 Å². The van der Waals surface area contributed by atoms with Gasteiger partial charge in [-0.3, -0.25) is 9.36 Å². The minimum atomic E-state index is -0.335. The number of halogens is 1. The first-order chi connectivity index (χ1) is 18.0. The third-order valence-corrected chi connectivity index (χ3v) is 8.35. The van der Waals surface area contributed by atoms with Crippen LogP contribution < -0.4 is 24.4 Å². The number of rotatable bonds is 4. The third kappa shape index (κ3) is 4.01. The van der Waals surface area contributed by atoms with Crippen molar-refractivity contribution >= 4 is 39.0 Å². The summed E-state index contributed by atoms with van der Waals surface area (Å²) >= 11 is 4.78. The fourth-order valence-electron chi connectivity index (χ4n) is 5.13. The van der Waals surface area contributed by atoms with Crippen LogP contribution in [-0.2, 0) is 6.42 Å². The summed E-state index contributed by atoms with van der Waals surface area (Å²) in [5.74, 6) is 1.35. The largest absolute Gasteiger partial charge is 0.507 e. The first-order valence-corrected chi connectivity index (χ1v) is 13.4. The van der Waals surface area contributed by atoms with Gasteiger partial charge in [0.25, 0.3) is 5.56 Å². The molecule has 1 atom stereocenters. The molecule has 2 aliphatic rings. The Kier molecular flexibility index (Phi) is 6.01. The fraction of sp³-hybridized carbons (Fsp3) is 0.172. The van der Waals surface area contributed by atoms with Gasteiger partial charge in [-0.1, -0.05) is 57.6 Å². The van der Waals surface area contributed by atoms with E-state index in [1.54, 1.807) is 43.1 Å². The number of hydrogen-bond donors (Lipinski definition) is 1. The summed E-state index contributed by atoms with van der Waals surface area (Å²) < 4.78 is 14.2. The van der Waals surface area contributed by atoms with Crippen LogP contribution in [0.1, 0.15) is 34.7 Å². The number of allylic oxidation sites excluding steroid dienone is 1. The zero-order valence-corrected chi connectivity index (χ0v) is 22.6. The van der Waals surface area contributed by atoms with Crippen molar-refractivity contribution in [3.05, 3.63) is 113 Å². The molecule has 8 heteroatoms. The van der Waals surface area contributed by atoms with Crippen molar-refractivity contribution in [2.75, 3.05) is 14.2 Å². The molecule has 0 amide bonds. The predicted octanol–water partition coefficient (Wildman–Crippen LogP) is 4.80. The van der Waals surface area contributed by atoms with Crippen LogP contribution in [0.5, 0.6) is 17.2 Å². The number of ether oxygens (including phenoxy) is 2. The molecule has 6 rings (SSSR count). The molecule has 0 saturated heterocycles. The van der Waals surface area contributed by atoms with Gasteiger partial charge in [-0.2, -0.15) is 0 Å². The van der Waals surface area contributed by atoms with E-state index in [1.165, 1.54) is 16.9 Å². The summed E-state index contributed by atoms with van der Waals surface area (Å²) in [5.41, 5.74) is 5.75. The second-order valence-electron chi connectivity index (χ2n) is 8.93. The Balaban J connectivity index is 1.63. The molecule has 0 unspecified atom stereocenters. The van der Waals surface area contributed by atoms with Crippen molar-refractivity contribution in [3.63, 3.8) is 0 Å². The maximum atomic E-state index is 13.9. The molecule has 1 aliphatic carbocycles. The maximum Gasteiger partial charge on any atom is 0.271 e. The molecular formula is C29H23BrN2O4S. The van der Waals surface area contributed by atoms with Crippen LogP contribution in [0, 0.1) is 0 Å². The zero-order chi connectivity index (χ0) is 25.7. The highest BCUT2D eigenvalue weighted by Crippen LogP contribution is 2.42. The molecule has 0 fully saturated rings. The first kappa shape index (κ1) is 23.8. The van der Waals surface area contributed by atoms with E-state index in [-0.39, 0.29) is 17.4 Å². The van der Waals surface area contributed by atoms with Crippen molar-refractivity contribution < 1.29 is 14.6 Å². The Hall–Kier alpha value is -3.62. The van der Waals surface area contributed by atoms with Gasteiger partial charge in [0.1, 0.15) is 5.75 Å². The number of phenols is 1. The van der Waals surface area contributed by atoms with Crippen LogP contribution in [0.15, 0.2) is 80.5 Å². The summed E-state index contributed by atoms with van der Waals surface area (Å²) in [4.78, 5) is 19.6. The van der Waals surface area contributed by atoms with E-state index in [0.717, 1.165) is 39.7 Å². The summed E-state index contributed by atoms with van der Waals surface area (Å²) in [6.45, 7) is 0. The fourth-order valence-corrected chi connectivity index (χ4v) is 6.50. The lowest BCUT2D eigenvalue weighted by Crippen LogP contribution is -2.38. The van der Waals surface area contributed by atoms with Gasteiger partial charge in [0, 0.05) is 15.6 Å². The molecule has 37 heavy (non-hydrogen) atoms. The highest BCUT2D eigenvalue weighted by molar-refractivity contribution is 9.10. The lowest BCUT2D eigenvalue weighted by atomic mass is 9.83. The Bertz CT molecular complexity index is 1770. The van der Waals surface area contributed by atoms with E-state index in [4.69, 9.17) is 14.5 Å². The minimum absolute atomic E-state index is 0.110. The molecule has 1 N–H and O–H groups in total. The molecule has 0 radical (unpaired) electrons. The van der Waals surface area contributed by atoms with Gasteiger partial charge in [-0.25, -0.2) is 4.99 Å². The first-order valence-electron chi connectivity index (χ1n) is 11.8. The lowest BCUT2D eigenvalue weighted by molar-refractivity contribution is 0.354. The Labute approximate surface area is 225 Å². The van der Waals surface area contributed by atoms with E-state index in [2.05, 4.69) is 34.1 Å². The van der Waals surface area contributed by atoms with Gasteiger partial charge in [0.15, 0.2) is 16.3 Å². The standard InChI is InChI=1S/C29H23BrN2O4S/c1-35-23-12-8-17(14-24(23)36-2)27-21-10-7-16-5-3-4-6-20(16)26(21)31-29-32(27)28(34)25(37-29)15-18-13-19(30)9-11-22(18)33/h3-6,8-9,11-15,27,33H,7,10H2,1-2H3/b25-15-/t27-/m1/s1. The van der Waals surface area contributed by atoms with Crippen LogP contribution >= 0.6 is 27.3 Å². The van der Waals surface area contributed by atoms with Crippen molar-refractivity contribution in [3.8, 4) is 17.2 Å². The van der Waals surface area contributed by atoms with Crippen molar-refractivity contribution in [2.45, 2.75) is 18.9 Å². The van der Waals surface area contributed by atoms with Crippen LogP contribution in [0.25, 0.3) is 11.8 Å². The molecular weight excluding hydrogens is 552 g/mol. The maximum absolute atomic E-state index is 13.9. The van der Waals surface area contributed by atoms with Gasteiger partial charge in [-0.15, -0.1) is 0 Å². The molecule has 0 bridgehead atoms. The zero-order valence-electron chi connectivity index (χ0n) is 20.2. The highest BCUT2D eigenvalue weighted by Gasteiger charge is 2.33. The van der Waals surface area contributed by atoms with Gasteiger partial charge in [0.05, 0.1) is 30.5 Å². The topological polar surface area (TPSA) is 73.0 Å². The molecule has 1 aliphatic heterocycles. The number of aryl methyl sites for hydroxylation is 1. The Morgan fingerprint density at radius 3 is 2.68 bits per heavy atom. The monoisotopic (exact) mass is 574 g/mol. The summed E-state index contributed by atoms with van der Waals surface area (Å²) in [7, 11) is 3.22. The average molecular weight is 575 g/mol. The summed E-state index contributed by atoms with van der Waals surface area (Å²) in [6, 6.07) is 19.0. The van der Waals surface area contributed by atoms with Crippen LogP contribution in [0.4, 0.5) is 0 Å². The van der Waals surface area contributed by atoms with E-state index >= 15 is 0 Å². The van der Waals surface area contributed by atoms with E-state index in [0.29, 0.717) is 26.4 Å². The average Bonchev–Trinajstić information content (AvgIpc) is 3.23. The van der Waals surface area contributed by atoms with Gasteiger partial charge < -0.3 is 14.6 Å². The molecule has 3 aromatic carbocycles. The predicted molar refractivity (Wildman–Crippen MR) is 148 cm³/mol.